The fourth-order valence-corrected chi connectivity index (χ4v) is 4.33. The van der Waals surface area contributed by atoms with Gasteiger partial charge in [0.25, 0.3) is 5.91 Å². The lowest BCUT2D eigenvalue weighted by Gasteiger charge is -2.32. The molecular formula is C24H22ClFN6O. The first-order valence-electron chi connectivity index (χ1n) is 10.8. The minimum absolute atomic E-state index is 0.116. The number of nitrogens with zero attached hydrogens (tertiary/aromatic N) is 5. The van der Waals surface area contributed by atoms with Crippen molar-refractivity contribution in [2.75, 3.05) is 18.4 Å². The first-order chi connectivity index (χ1) is 16.0. The van der Waals surface area contributed by atoms with Gasteiger partial charge in [-0.3, -0.25) is 4.79 Å². The van der Waals surface area contributed by atoms with Gasteiger partial charge >= 0.3 is 0 Å². The summed E-state index contributed by atoms with van der Waals surface area (Å²) in [5.41, 5.74) is 1.63. The van der Waals surface area contributed by atoms with Gasteiger partial charge in [0.05, 0.1) is 22.8 Å². The van der Waals surface area contributed by atoms with Crippen molar-refractivity contribution in [2.24, 2.45) is 0 Å². The second-order valence-electron chi connectivity index (χ2n) is 8.08. The molecule has 1 saturated heterocycles. The summed E-state index contributed by atoms with van der Waals surface area (Å²) in [6.07, 6.45) is 3.20. The lowest BCUT2D eigenvalue weighted by molar-refractivity contribution is 0.0713. The van der Waals surface area contributed by atoms with Gasteiger partial charge < -0.3 is 10.2 Å². The molecule has 168 valence electrons. The van der Waals surface area contributed by atoms with E-state index < -0.39 is 5.82 Å². The largest absolute Gasteiger partial charge is 0.366 e. The summed E-state index contributed by atoms with van der Waals surface area (Å²) in [6.45, 7) is 2.93. The summed E-state index contributed by atoms with van der Waals surface area (Å²) >= 11 is 6.15. The summed E-state index contributed by atoms with van der Waals surface area (Å²) in [6, 6.07) is 13.7. The van der Waals surface area contributed by atoms with Gasteiger partial charge in [-0.25, -0.2) is 19.0 Å². The molecule has 33 heavy (non-hydrogen) atoms. The second kappa shape index (κ2) is 8.78. The van der Waals surface area contributed by atoms with Gasteiger partial charge in [0.1, 0.15) is 17.5 Å². The average Bonchev–Trinajstić information content (AvgIpc) is 3.23. The van der Waals surface area contributed by atoms with Crippen LogP contribution in [0.1, 0.15) is 29.0 Å². The number of amides is 1. The van der Waals surface area contributed by atoms with Crippen molar-refractivity contribution in [1.82, 2.24) is 24.6 Å². The van der Waals surface area contributed by atoms with Gasteiger partial charge in [0, 0.05) is 24.2 Å². The summed E-state index contributed by atoms with van der Waals surface area (Å²) in [5.74, 6) is 0.582. The number of halogens is 2. The van der Waals surface area contributed by atoms with Crippen LogP contribution >= 0.6 is 11.6 Å². The predicted molar refractivity (Wildman–Crippen MR) is 125 cm³/mol. The highest BCUT2D eigenvalue weighted by Crippen LogP contribution is 2.26. The van der Waals surface area contributed by atoms with Crippen LogP contribution in [0.3, 0.4) is 0 Å². The fraction of sp³-hybridized carbons (Fsp3) is 0.250. The normalized spacial score (nSPS) is 14.6. The number of aromatic nitrogens is 4. The molecule has 2 aromatic carbocycles. The van der Waals surface area contributed by atoms with Crippen LogP contribution in [0.4, 0.5) is 10.2 Å². The van der Waals surface area contributed by atoms with E-state index in [9.17, 15) is 9.18 Å². The van der Waals surface area contributed by atoms with Gasteiger partial charge in [-0.15, -0.1) is 0 Å². The maximum Gasteiger partial charge on any atom is 0.256 e. The highest BCUT2D eigenvalue weighted by Gasteiger charge is 2.26. The topological polar surface area (TPSA) is 75.9 Å². The van der Waals surface area contributed by atoms with Gasteiger partial charge in [0.15, 0.2) is 5.65 Å². The van der Waals surface area contributed by atoms with Crippen molar-refractivity contribution < 1.29 is 9.18 Å². The molecule has 1 aliphatic heterocycles. The molecule has 1 amide bonds. The number of aryl methyl sites for hydroxylation is 1. The SMILES string of the molecule is Cc1nc(NC2CCN(C(=O)c3ccccc3F)CC2)c2cnn(-c3cccc(Cl)c3)c2n1. The smallest absolute Gasteiger partial charge is 0.256 e. The van der Waals surface area contributed by atoms with Crippen molar-refractivity contribution in [3.8, 4) is 5.69 Å². The number of anilines is 1. The Balaban J connectivity index is 1.33. The molecule has 1 N–H and O–H groups in total. The van der Waals surface area contributed by atoms with Crippen molar-refractivity contribution in [2.45, 2.75) is 25.8 Å². The average molecular weight is 465 g/mol. The van der Waals surface area contributed by atoms with Crippen LogP contribution in [0.2, 0.25) is 5.02 Å². The Hall–Kier alpha value is -3.52. The summed E-state index contributed by atoms with van der Waals surface area (Å²) in [4.78, 5) is 23.6. The van der Waals surface area contributed by atoms with Gasteiger partial charge in [-0.2, -0.15) is 5.10 Å². The van der Waals surface area contributed by atoms with Crippen molar-refractivity contribution in [3.63, 3.8) is 0 Å². The fourth-order valence-electron chi connectivity index (χ4n) is 4.15. The Morgan fingerprint density at radius 3 is 2.67 bits per heavy atom. The first-order valence-corrected chi connectivity index (χ1v) is 11.2. The molecule has 1 fully saturated rings. The molecule has 0 radical (unpaired) electrons. The number of carbonyl (C=O) groups is 1. The van der Waals surface area contributed by atoms with E-state index in [1.165, 1.54) is 12.1 Å². The third kappa shape index (κ3) is 4.26. The molecular weight excluding hydrogens is 443 g/mol. The van der Waals surface area contributed by atoms with Gasteiger partial charge in [-0.05, 0) is 50.1 Å². The number of hydrogen-bond acceptors (Lipinski definition) is 5. The lowest BCUT2D eigenvalue weighted by Crippen LogP contribution is -2.42. The Labute approximate surface area is 195 Å². The lowest BCUT2D eigenvalue weighted by atomic mass is 10.0. The highest BCUT2D eigenvalue weighted by atomic mass is 35.5. The Bertz CT molecular complexity index is 1330. The number of carbonyl (C=O) groups excluding carboxylic acids is 1. The van der Waals surface area contributed by atoms with E-state index in [0.29, 0.717) is 35.4 Å². The van der Waals surface area contributed by atoms with Crippen LogP contribution < -0.4 is 5.32 Å². The highest BCUT2D eigenvalue weighted by molar-refractivity contribution is 6.30. The molecule has 9 heteroatoms. The molecule has 0 spiro atoms. The third-order valence-electron chi connectivity index (χ3n) is 5.82. The van der Waals surface area contributed by atoms with Crippen molar-refractivity contribution in [1.29, 1.82) is 0 Å². The molecule has 0 atom stereocenters. The molecule has 4 aromatic rings. The Morgan fingerprint density at radius 1 is 1.12 bits per heavy atom. The molecule has 0 bridgehead atoms. The number of rotatable bonds is 4. The zero-order chi connectivity index (χ0) is 22.9. The van der Waals surface area contributed by atoms with E-state index in [4.69, 9.17) is 11.6 Å². The third-order valence-corrected chi connectivity index (χ3v) is 6.06. The standard InChI is InChI=1S/C24H22ClFN6O/c1-15-28-22(20-14-27-32(23(20)29-15)18-6-4-5-16(25)13-18)30-17-9-11-31(12-10-17)24(33)19-7-2-3-8-21(19)26/h2-8,13-14,17H,9-12H2,1H3,(H,28,29,30). The first kappa shape index (κ1) is 21.3. The Morgan fingerprint density at radius 2 is 1.91 bits per heavy atom. The zero-order valence-corrected chi connectivity index (χ0v) is 18.8. The van der Waals surface area contributed by atoms with Crippen molar-refractivity contribution in [3.05, 3.63) is 77.0 Å². The van der Waals surface area contributed by atoms with E-state index in [0.717, 1.165) is 23.9 Å². The van der Waals surface area contributed by atoms with Gasteiger partial charge in [0.2, 0.25) is 0 Å². The molecule has 0 saturated carbocycles. The van der Waals surface area contributed by atoms with Crippen LogP contribution in [-0.2, 0) is 0 Å². The minimum Gasteiger partial charge on any atom is -0.366 e. The molecule has 2 aromatic heterocycles. The summed E-state index contributed by atoms with van der Waals surface area (Å²) in [7, 11) is 0. The van der Waals surface area contributed by atoms with Crippen LogP contribution in [0, 0.1) is 12.7 Å². The minimum atomic E-state index is -0.488. The van der Waals surface area contributed by atoms with Crippen molar-refractivity contribution >= 4 is 34.4 Å². The number of benzene rings is 2. The molecule has 5 rings (SSSR count). The number of likely N-dealkylation sites (tertiary alicyclic amines) is 1. The van der Waals surface area contributed by atoms with Crippen LogP contribution in [0.15, 0.2) is 54.7 Å². The maximum absolute atomic E-state index is 14.0. The van der Waals surface area contributed by atoms with E-state index in [-0.39, 0.29) is 17.5 Å². The predicted octanol–water partition coefficient (Wildman–Crippen LogP) is 4.63. The quantitative estimate of drug-likeness (QED) is 0.476. The monoisotopic (exact) mass is 464 g/mol. The van der Waals surface area contributed by atoms with Crippen LogP contribution in [0.5, 0.6) is 0 Å². The van der Waals surface area contributed by atoms with Gasteiger partial charge in [-0.1, -0.05) is 29.8 Å². The van der Waals surface area contributed by atoms with Crippen LogP contribution in [-0.4, -0.2) is 49.7 Å². The van der Waals surface area contributed by atoms with E-state index in [1.54, 1.807) is 27.9 Å². The summed E-state index contributed by atoms with van der Waals surface area (Å²) < 4.78 is 15.7. The second-order valence-corrected chi connectivity index (χ2v) is 8.52. The zero-order valence-electron chi connectivity index (χ0n) is 18.0. The number of nitrogens with one attached hydrogen (secondary N) is 1. The van der Waals surface area contributed by atoms with Crippen LogP contribution in [0.25, 0.3) is 16.7 Å². The summed E-state index contributed by atoms with van der Waals surface area (Å²) in [5, 5.41) is 9.45. The van der Waals surface area contributed by atoms with E-state index in [1.807, 2.05) is 31.2 Å². The molecule has 7 nitrogen and oxygen atoms in total. The van der Waals surface area contributed by atoms with E-state index >= 15 is 0 Å². The number of piperidine rings is 1. The molecule has 3 heterocycles. The molecule has 1 aliphatic rings. The number of fused-ring (bicyclic) bond motifs is 1. The van der Waals surface area contributed by atoms with E-state index in [2.05, 4.69) is 20.4 Å². The maximum atomic E-state index is 14.0. The molecule has 0 aliphatic carbocycles. The Kier molecular flexibility index (Phi) is 5.68. The molecule has 0 unspecified atom stereocenters. The number of hydrogen-bond donors (Lipinski definition) is 1.